The molecule has 1 aliphatic rings. The lowest BCUT2D eigenvalue weighted by Gasteiger charge is -2.22. The van der Waals surface area contributed by atoms with Crippen molar-refractivity contribution in [2.24, 2.45) is 11.8 Å². The highest BCUT2D eigenvalue weighted by atomic mass is 16.6. The van der Waals surface area contributed by atoms with Crippen molar-refractivity contribution in [3.63, 3.8) is 0 Å². The predicted octanol–water partition coefficient (Wildman–Crippen LogP) is 0.181. The number of ether oxygens (including phenoxy) is 4. The van der Waals surface area contributed by atoms with Crippen molar-refractivity contribution in [2.75, 3.05) is 39.6 Å². The number of carbonyl (C=O) groups excluding carboxylic acids is 4. The Kier molecular flexibility index (Phi) is 12.0. The minimum absolute atomic E-state index is 0.0338. The lowest BCUT2D eigenvalue weighted by atomic mass is 10.0. The van der Waals surface area contributed by atoms with Crippen LogP contribution in [0.4, 0.5) is 0 Å². The van der Waals surface area contributed by atoms with Gasteiger partial charge in [0.05, 0.1) is 12.1 Å². The van der Waals surface area contributed by atoms with Crippen LogP contribution in [0.25, 0.3) is 0 Å². The van der Waals surface area contributed by atoms with Gasteiger partial charge in [-0.3, -0.25) is 9.59 Å². The van der Waals surface area contributed by atoms with Gasteiger partial charge in [0.2, 0.25) is 11.8 Å². The molecule has 10 nitrogen and oxygen atoms in total. The van der Waals surface area contributed by atoms with Crippen LogP contribution in [0.15, 0.2) is 0 Å². The van der Waals surface area contributed by atoms with Crippen molar-refractivity contribution < 1.29 is 38.1 Å². The molecule has 0 unspecified atom stereocenters. The van der Waals surface area contributed by atoms with E-state index >= 15 is 0 Å². The quantitative estimate of drug-likeness (QED) is 0.605. The molecule has 0 aliphatic carbocycles. The fourth-order valence-corrected chi connectivity index (χ4v) is 2.94. The molecule has 0 saturated carbocycles. The first-order valence-electron chi connectivity index (χ1n) is 10.2. The molecule has 0 bridgehead atoms. The van der Waals surface area contributed by atoms with E-state index in [4.69, 9.17) is 18.9 Å². The molecular formula is C20H34N2O8. The number of amides is 2. The zero-order valence-corrected chi connectivity index (χ0v) is 18.2. The first-order chi connectivity index (χ1) is 14.2. The molecule has 0 aromatic heterocycles. The van der Waals surface area contributed by atoms with E-state index in [1.807, 2.05) is 27.7 Å². The van der Waals surface area contributed by atoms with Crippen molar-refractivity contribution in [1.29, 1.82) is 0 Å². The molecule has 172 valence electrons. The Morgan fingerprint density at radius 2 is 1.07 bits per heavy atom. The third-order valence-corrected chi connectivity index (χ3v) is 4.04. The van der Waals surface area contributed by atoms with E-state index in [-0.39, 0.29) is 38.3 Å². The van der Waals surface area contributed by atoms with E-state index in [2.05, 4.69) is 10.6 Å². The maximum absolute atomic E-state index is 12.1. The van der Waals surface area contributed by atoms with Crippen LogP contribution < -0.4 is 10.6 Å². The van der Waals surface area contributed by atoms with Gasteiger partial charge in [-0.25, -0.2) is 9.59 Å². The standard InChI is InChI=1S/C20H34N2O8/c1-13(2)5-15-7-29-19(25)11-28-12-20(26)30-8-16(6-14(3)4)22-18(24)10-27-9-17(23)21-15/h13-16H,5-12H2,1-4H3,(H,21,23)(H,22,24)/t15-,16-/m0/s1. The minimum atomic E-state index is -0.645. The molecule has 1 rings (SSSR count). The average Bonchev–Trinajstić information content (AvgIpc) is 2.62. The molecule has 1 heterocycles. The van der Waals surface area contributed by atoms with Crippen LogP contribution in [0.2, 0.25) is 0 Å². The smallest absolute Gasteiger partial charge is 0.332 e. The summed E-state index contributed by atoms with van der Waals surface area (Å²) >= 11 is 0. The summed E-state index contributed by atoms with van der Waals surface area (Å²) in [5.41, 5.74) is 0. The summed E-state index contributed by atoms with van der Waals surface area (Å²) in [6.45, 7) is 6.41. The van der Waals surface area contributed by atoms with Crippen molar-refractivity contribution in [3.05, 3.63) is 0 Å². The monoisotopic (exact) mass is 430 g/mol. The Balaban J connectivity index is 2.75. The van der Waals surface area contributed by atoms with Gasteiger partial charge in [-0.15, -0.1) is 0 Å². The van der Waals surface area contributed by atoms with Crippen molar-refractivity contribution >= 4 is 23.8 Å². The molecule has 0 spiro atoms. The maximum atomic E-state index is 12.1. The van der Waals surface area contributed by atoms with Gasteiger partial charge in [-0.05, 0) is 24.7 Å². The number of rotatable bonds is 4. The molecular weight excluding hydrogens is 396 g/mol. The third-order valence-electron chi connectivity index (χ3n) is 4.04. The van der Waals surface area contributed by atoms with Crippen molar-refractivity contribution in [1.82, 2.24) is 10.6 Å². The van der Waals surface area contributed by atoms with Gasteiger partial charge in [0.25, 0.3) is 0 Å². The Hall–Kier alpha value is -2.20. The minimum Gasteiger partial charge on any atom is -0.462 e. The van der Waals surface area contributed by atoms with E-state index in [0.717, 1.165) is 0 Å². The van der Waals surface area contributed by atoms with Crippen LogP contribution in [0.3, 0.4) is 0 Å². The molecule has 10 heteroatoms. The van der Waals surface area contributed by atoms with Crippen molar-refractivity contribution in [3.8, 4) is 0 Å². The molecule has 2 atom stereocenters. The normalized spacial score (nSPS) is 23.8. The topological polar surface area (TPSA) is 129 Å². The molecule has 0 radical (unpaired) electrons. The molecule has 1 aliphatic heterocycles. The Morgan fingerprint density at radius 3 is 1.43 bits per heavy atom. The largest absolute Gasteiger partial charge is 0.462 e. The highest BCUT2D eigenvalue weighted by molar-refractivity contribution is 5.80. The molecule has 1 saturated heterocycles. The van der Waals surface area contributed by atoms with Gasteiger partial charge in [-0.1, -0.05) is 27.7 Å². The first kappa shape index (κ1) is 25.8. The molecule has 30 heavy (non-hydrogen) atoms. The van der Waals surface area contributed by atoms with E-state index in [0.29, 0.717) is 12.8 Å². The highest BCUT2D eigenvalue weighted by Crippen LogP contribution is 2.07. The lowest BCUT2D eigenvalue weighted by Crippen LogP contribution is -2.44. The van der Waals surface area contributed by atoms with Gasteiger partial charge >= 0.3 is 11.9 Å². The van der Waals surface area contributed by atoms with Gasteiger partial charge in [0, 0.05) is 0 Å². The van der Waals surface area contributed by atoms with Crippen LogP contribution in [0, 0.1) is 11.8 Å². The Morgan fingerprint density at radius 1 is 0.700 bits per heavy atom. The molecule has 2 N–H and O–H groups in total. The van der Waals surface area contributed by atoms with E-state index in [1.165, 1.54) is 0 Å². The van der Waals surface area contributed by atoms with Gasteiger partial charge in [0.1, 0.15) is 39.6 Å². The zero-order chi connectivity index (χ0) is 22.5. The summed E-state index contributed by atoms with van der Waals surface area (Å²) < 4.78 is 20.5. The number of hydrogen-bond donors (Lipinski definition) is 2. The SMILES string of the molecule is CC(C)C[C@H]1COC(=O)COCC(=O)OC[C@H](CC(C)C)NC(=O)COCC(=O)N1. The van der Waals surface area contributed by atoms with Crippen LogP contribution in [0.1, 0.15) is 40.5 Å². The second-order valence-corrected chi connectivity index (χ2v) is 8.14. The number of hydrogen-bond acceptors (Lipinski definition) is 8. The van der Waals surface area contributed by atoms with Crippen LogP contribution in [0.5, 0.6) is 0 Å². The van der Waals surface area contributed by atoms with Gasteiger partial charge in [-0.2, -0.15) is 0 Å². The molecule has 0 aromatic rings. The lowest BCUT2D eigenvalue weighted by molar-refractivity contribution is -0.157. The van der Waals surface area contributed by atoms with Gasteiger partial charge in [0.15, 0.2) is 0 Å². The summed E-state index contributed by atoms with van der Waals surface area (Å²) in [5.74, 6) is -1.60. The second-order valence-electron chi connectivity index (χ2n) is 8.14. The molecule has 0 aromatic carbocycles. The average molecular weight is 430 g/mol. The van der Waals surface area contributed by atoms with E-state index in [1.54, 1.807) is 0 Å². The summed E-state index contributed by atoms with van der Waals surface area (Å²) in [5, 5.41) is 5.48. The number of cyclic esters (lactones) is 2. The first-order valence-corrected chi connectivity index (χ1v) is 10.2. The van der Waals surface area contributed by atoms with Crippen LogP contribution in [-0.4, -0.2) is 75.5 Å². The van der Waals surface area contributed by atoms with Crippen molar-refractivity contribution in [2.45, 2.75) is 52.6 Å². The predicted molar refractivity (Wildman–Crippen MR) is 106 cm³/mol. The third kappa shape index (κ3) is 12.4. The van der Waals surface area contributed by atoms with E-state index < -0.39 is 49.1 Å². The number of carbonyl (C=O) groups is 4. The molecule has 2 amide bonds. The maximum Gasteiger partial charge on any atom is 0.332 e. The second kappa shape index (κ2) is 13.9. The summed E-state index contributed by atoms with van der Waals surface area (Å²) in [7, 11) is 0. The highest BCUT2D eigenvalue weighted by Gasteiger charge is 2.20. The summed E-state index contributed by atoms with van der Waals surface area (Å²) in [4.78, 5) is 47.9. The Labute approximate surface area is 177 Å². The van der Waals surface area contributed by atoms with E-state index in [9.17, 15) is 19.2 Å². The number of esters is 2. The Bertz CT molecular complexity index is 531. The fourth-order valence-electron chi connectivity index (χ4n) is 2.94. The summed E-state index contributed by atoms with van der Waals surface area (Å²) in [6.07, 6.45) is 1.17. The number of nitrogens with one attached hydrogen (secondary N) is 2. The fraction of sp³-hybridized carbons (Fsp3) is 0.800. The molecule has 1 fully saturated rings. The van der Waals surface area contributed by atoms with Gasteiger partial charge < -0.3 is 29.6 Å². The zero-order valence-electron chi connectivity index (χ0n) is 18.2. The van der Waals surface area contributed by atoms with Crippen LogP contribution >= 0.6 is 0 Å². The van der Waals surface area contributed by atoms with Crippen LogP contribution in [-0.2, 0) is 38.1 Å². The summed E-state index contributed by atoms with van der Waals surface area (Å²) in [6, 6.07) is -0.809.